The number of aromatic nitrogens is 5. The van der Waals surface area contributed by atoms with Crippen molar-refractivity contribution >= 4 is 23.1 Å². The molecular formula is C19H26N8O. The lowest BCUT2D eigenvalue weighted by molar-refractivity contribution is 0.255. The zero-order valence-electron chi connectivity index (χ0n) is 16.4. The SMILES string of the molecule is CNc1cc(C)nc(Nc2cc(OCCCN3CCCC3)n3cnnc3c2)n1. The number of likely N-dealkylation sites (tertiary alicyclic amines) is 1. The Kier molecular flexibility index (Phi) is 5.52. The van der Waals surface area contributed by atoms with Gasteiger partial charge in [-0.2, -0.15) is 4.98 Å². The Hall–Kier alpha value is -2.94. The van der Waals surface area contributed by atoms with Crippen molar-refractivity contribution in [3.8, 4) is 5.88 Å². The molecule has 1 aliphatic rings. The van der Waals surface area contributed by atoms with Crippen LogP contribution in [0.15, 0.2) is 24.5 Å². The van der Waals surface area contributed by atoms with E-state index in [0.29, 0.717) is 24.1 Å². The van der Waals surface area contributed by atoms with E-state index in [4.69, 9.17) is 4.74 Å². The highest BCUT2D eigenvalue weighted by Gasteiger charge is 2.12. The second-order valence-corrected chi connectivity index (χ2v) is 6.99. The summed E-state index contributed by atoms with van der Waals surface area (Å²) >= 11 is 0. The molecule has 0 aromatic carbocycles. The van der Waals surface area contributed by atoms with Gasteiger partial charge in [-0.1, -0.05) is 0 Å². The largest absolute Gasteiger partial charge is 0.478 e. The molecule has 0 amide bonds. The average Bonchev–Trinajstić information content (AvgIpc) is 3.36. The standard InChI is InChI=1S/C19H26N8O/c1-14-10-16(20-2)24-19(22-14)23-15-11-17-25-21-13-27(17)18(12-15)28-9-5-8-26-6-3-4-7-26/h10-13H,3-9H2,1-2H3,(H2,20,22,23,24). The number of anilines is 3. The number of fused-ring (bicyclic) bond motifs is 1. The zero-order chi connectivity index (χ0) is 19.3. The summed E-state index contributed by atoms with van der Waals surface area (Å²) in [6.45, 7) is 6.08. The van der Waals surface area contributed by atoms with Crippen LogP contribution in [-0.4, -0.2) is 62.8 Å². The summed E-state index contributed by atoms with van der Waals surface area (Å²) in [5.74, 6) is 1.98. The normalized spacial score (nSPS) is 14.5. The van der Waals surface area contributed by atoms with Gasteiger partial charge in [-0.05, 0) is 39.3 Å². The van der Waals surface area contributed by atoms with E-state index in [2.05, 4.69) is 35.7 Å². The van der Waals surface area contributed by atoms with Crippen molar-refractivity contribution in [2.75, 3.05) is 43.9 Å². The van der Waals surface area contributed by atoms with E-state index < -0.39 is 0 Å². The van der Waals surface area contributed by atoms with Gasteiger partial charge in [-0.3, -0.25) is 4.40 Å². The number of nitrogens with zero attached hydrogens (tertiary/aromatic N) is 6. The third-order valence-electron chi connectivity index (χ3n) is 4.81. The molecule has 9 heteroatoms. The van der Waals surface area contributed by atoms with Crippen LogP contribution in [0.2, 0.25) is 0 Å². The maximum atomic E-state index is 6.05. The molecule has 4 rings (SSSR count). The van der Waals surface area contributed by atoms with E-state index in [1.54, 1.807) is 6.33 Å². The lowest BCUT2D eigenvalue weighted by atomic mass is 10.3. The number of nitrogens with one attached hydrogen (secondary N) is 2. The molecule has 0 bridgehead atoms. The van der Waals surface area contributed by atoms with Crippen molar-refractivity contribution in [2.45, 2.75) is 26.2 Å². The molecule has 2 N–H and O–H groups in total. The van der Waals surface area contributed by atoms with Crippen molar-refractivity contribution in [3.63, 3.8) is 0 Å². The highest BCUT2D eigenvalue weighted by Crippen LogP contribution is 2.23. The number of hydrogen-bond donors (Lipinski definition) is 2. The van der Waals surface area contributed by atoms with E-state index in [1.165, 1.54) is 25.9 Å². The molecule has 0 atom stereocenters. The number of ether oxygens (including phenoxy) is 1. The van der Waals surface area contributed by atoms with E-state index in [9.17, 15) is 0 Å². The molecule has 3 aromatic heterocycles. The van der Waals surface area contributed by atoms with E-state index >= 15 is 0 Å². The quantitative estimate of drug-likeness (QED) is 0.574. The maximum absolute atomic E-state index is 6.05. The summed E-state index contributed by atoms with van der Waals surface area (Å²) in [6, 6.07) is 5.72. The predicted octanol–water partition coefficient (Wildman–Crippen LogP) is 2.48. The Morgan fingerprint density at radius 3 is 2.82 bits per heavy atom. The first kappa shape index (κ1) is 18.4. The minimum atomic E-state index is 0.521. The first-order valence-electron chi connectivity index (χ1n) is 9.71. The number of rotatable bonds is 8. The average molecular weight is 382 g/mol. The molecule has 0 saturated carbocycles. The second-order valence-electron chi connectivity index (χ2n) is 6.99. The summed E-state index contributed by atoms with van der Waals surface area (Å²) in [7, 11) is 1.84. The van der Waals surface area contributed by atoms with Crippen molar-refractivity contribution < 1.29 is 4.74 Å². The summed E-state index contributed by atoms with van der Waals surface area (Å²) in [5.41, 5.74) is 2.40. The van der Waals surface area contributed by atoms with Gasteiger partial charge in [0.05, 0.1) is 6.61 Å². The molecule has 1 saturated heterocycles. The summed E-state index contributed by atoms with van der Waals surface area (Å²) in [4.78, 5) is 11.4. The summed E-state index contributed by atoms with van der Waals surface area (Å²) in [6.07, 6.45) is 5.28. The minimum Gasteiger partial charge on any atom is -0.478 e. The van der Waals surface area contributed by atoms with Gasteiger partial charge in [0, 0.05) is 43.2 Å². The number of hydrogen-bond acceptors (Lipinski definition) is 8. The van der Waals surface area contributed by atoms with Gasteiger partial charge in [-0.25, -0.2) is 4.98 Å². The van der Waals surface area contributed by atoms with Gasteiger partial charge in [0.15, 0.2) is 5.65 Å². The Labute approximate surface area is 164 Å². The highest BCUT2D eigenvalue weighted by molar-refractivity contribution is 5.62. The Bertz CT molecular complexity index is 935. The fraction of sp³-hybridized carbons (Fsp3) is 0.474. The van der Waals surface area contributed by atoms with E-state index in [1.807, 2.05) is 36.6 Å². The Morgan fingerprint density at radius 1 is 1.14 bits per heavy atom. The molecule has 0 aliphatic carbocycles. The molecule has 0 radical (unpaired) electrons. The van der Waals surface area contributed by atoms with Crippen molar-refractivity contribution in [1.29, 1.82) is 0 Å². The maximum Gasteiger partial charge on any atom is 0.229 e. The summed E-state index contributed by atoms with van der Waals surface area (Å²) in [5, 5.41) is 14.4. The van der Waals surface area contributed by atoms with E-state index in [0.717, 1.165) is 30.2 Å². The Balaban J connectivity index is 1.47. The number of pyridine rings is 1. The van der Waals surface area contributed by atoms with Gasteiger partial charge in [-0.15, -0.1) is 10.2 Å². The van der Waals surface area contributed by atoms with Gasteiger partial charge in [0.1, 0.15) is 12.1 Å². The molecule has 4 heterocycles. The lowest BCUT2D eigenvalue weighted by Gasteiger charge is -2.15. The first-order valence-corrected chi connectivity index (χ1v) is 9.71. The second kappa shape index (κ2) is 8.39. The monoisotopic (exact) mass is 382 g/mol. The van der Waals surface area contributed by atoms with Crippen LogP contribution in [0.3, 0.4) is 0 Å². The first-order chi connectivity index (χ1) is 13.7. The Morgan fingerprint density at radius 2 is 2.00 bits per heavy atom. The third-order valence-corrected chi connectivity index (χ3v) is 4.81. The van der Waals surface area contributed by atoms with Crippen LogP contribution in [0, 0.1) is 6.92 Å². The van der Waals surface area contributed by atoms with Crippen LogP contribution in [0.25, 0.3) is 5.65 Å². The van der Waals surface area contributed by atoms with E-state index in [-0.39, 0.29) is 0 Å². The van der Waals surface area contributed by atoms with Gasteiger partial charge >= 0.3 is 0 Å². The van der Waals surface area contributed by atoms with Crippen LogP contribution in [0.4, 0.5) is 17.5 Å². The van der Waals surface area contributed by atoms with Crippen molar-refractivity contribution in [2.24, 2.45) is 0 Å². The minimum absolute atomic E-state index is 0.521. The molecular weight excluding hydrogens is 356 g/mol. The smallest absolute Gasteiger partial charge is 0.229 e. The summed E-state index contributed by atoms with van der Waals surface area (Å²) < 4.78 is 7.89. The van der Waals surface area contributed by atoms with Crippen LogP contribution in [-0.2, 0) is 0 Å². The van der Waals surface area contributed by atoms with Crippen molar-refractivity contribution in [1.82, 2.24) is 29.5 Å². The van der Waals surface area contributed by atoms with Crippen LogP contribution in [0.1, 0.15) is 25.0 Å². The fourth-order valence-electron chi connectivity index (χ4n) is 3.43. The lowest BCUT2D eigenvalue weighted by Crippen LogP contribution is -2.22. The zero-order valence-corrected chi connectivity index (χ0v) is 16.4. The number of aryl methyl sites for hydroxylation is 1. The molecule has 1 aliphatic heterocycles. The van der Waals surface area contributed by atoms with Gasteiger partial charge in [0.2, 0.25) is 11.8 Å². The van der Waals surface area contributed by atoms with Gasteiger partial charge in [0.25, 0.3) is 0 Å². The fourth-order valence-corrected chi connectivity index (χ4v) is 3.43. The molecule has 148 valence electrons. The van der Waals surface area contributed by atoms with Crippen LogP contribution < -0.4 is 15.4 Å². The molecule has 1 fully saturated rings. The van der Waals surface area contributed by atoms with Gasteiger partial charge < -0.3 is 20.3 Å². The molecule has 0 spiro atoms. The molecule has 28 heavy (non-hydrogen) atoms. The van der Waals surface area contributed by atoms with Crippen LogP contribution >= 0.6 is 0 Å². The topological polar surface area (TPSA) is 92.5 Å². The predicted molar refractivity (Wildman–Crippen MR) is 108 cm³/mol. The third kappa shape index (κ3) is 4.30. The van der Waals surface area contributed by atoms with Crippen LogP contribution in [0.5, 0.6) is 5.88 Å². The molecule has 3 aromatic rings. The molecule has 0 unspecified atom stereocenters. The van der Waals surface area contributed by atoms with Crippen molar-refractivity contribution in [3.05, 3.63) is 30.2 Å². The highest BCUT2D eigenvalue weighted by atomic mass is 16.5. The molecule has 9 nitrogen and oxygen atoms in total.